The van der Waals surface area contributed by atoms with Gasteiger partial charge in [0.1, 0.15) is 0 Å². The summed E-state index contributed by atoms with van der Waals surface area (Å²) in [6.07, 6.45) is 19.3. The second-order valence-corrected chi connectivity index (χ2v) is 39.5. The monoisotopic (exact) mass is 502 g/mol. The molecule has 4 unspecified atom stereocenters. The quantitative estimate of drug-likeness (QED) is 0.117. The van der Waals surface area contributed by atoms with E-state index in [0.29, 0.717) is 4.31 Å². The summed E-state index contributed by atoms with van der Waals surface area (Å²) in [5, 5.41) is 1.18. The minimum atomic E-state index is -3.12. The third-order valence-electron chi connectivity index (χ3n) is 18.6. The van der Waals surface area contributed by atoms with E-state index in [9.17, 15) is 4.79 Å². The molecular formula is C26H39BrFeO. The van der Waals surface area contributed by atoms with Gasteiger partial charge in [0, 0.05) is 5.33 Å². The molecule has 1 nitrogen and oxygen atoms in total. The number of carbonyl (C=O) groups excluding carboxylic acids is 1. The van der Waals surface area contributed by atoms with E-state index in [1.807, 2.05) is 0 Å². The van der Waals surface area contributed by atoms with Crippen LogP contribution in [0.25, 0.3) is 0 Å². The summed E-state index contributed by atoms with van der Waals surface area (Å²) < 4.78 is 0.549. The molecule has 3 heteroatoms. The number of fused-ring (bicyclic) bond motifs is 10. The number of hydrogen-bond donors (Lipinski definition) is 0. The van der Waals surface area contributed by atoms with Crippen molar-refractivity contribution in [3.63, 3.8) is 0 Å². The summed E-state index contributed by atoms with van der Waals surface area (Å²) in [5.41, 5.74) is 0. The van der Waals surface area contributed by atoms with E-state index in [2.05, 4.69) is 15.9 Å². The van der Waals surface area contributed by atoms with E-state index in [-0.39, 0.29) is 0 Å². The van der Waals surface area contributed by atoms with Gasteiger partial charge in [-0.3, -0.25) is 0 Å². The first kappa shape index (κ1) is 16.3. The molecule has 0 aromatic heterocycles. The Balaban J connectivity index is 0.665. The number of unbranched alkanes of at least 4 members (excludes halogenated alkanes) is 12. The summed E-state index contributed by atoms with van der Waals surface area (Å²) in [4.78, 5) is 25.2. The number of carbonyl (C=O) groups is 1. The molecule has 10 saturated heterocycles. The van der Waals surface area contributed by atoms with Gasteiger partial charge in [-0.05, 0) is 6.42 Å². The molecule has 0 radical (unpaired) electrons. The summed E-state index contributed by atoms with van der Waals surface area (Å²) in [6.45, 7) is -3.12. The number of halogens is 1. The van der Waals surface area contributed by atoms with Crippen molar-refractivity contribution in [2.45, 2.75) is 138 Å². The Morgan fingerprint density at radius 3 is 1.28 bits per heavy atom. The van der Waals surface area contributed by atoms with Crippen LogP contribution in [0, 0.1) is 0 Å². The van der Waals surface area contributed by atoms with Gasteiger partial charge in [-0.15, -0.1) is 0 Å². The standard InChI is InChI=1S/C21H34BrO.C5H5.Fe/c22-19-15-11-9-7-5-3-1-2-4-6-8-10-12-18-21(23)20-16-13-14-17-20;1-2-4-5-3-1;/h13-14,16-17H,1-12,15,18-19H2;1-5H;. The van der Waals surface area contributed by atoms with Crippen LogP contribution in [0.1, 0.15) is 89.9 Å². The van der Waals surface area contributed by atoms with Gasteiger partial charge in [0.15, 0.2) is 0 Å². The van der Waals surface area contributed by atoms with Crippen LogP contribution in [0.4, 0.5) is 0 Å². The Labute approximate surface area is 175 Å². The predicted molar refractivity (Wildman–Crippen MR) is 120 cm³/mol. The van der Waals surface area contributed by atoms with Gasteiger partial charge in [0.05, 0.1) is 0 Å². The number of rotatable bonds is 16. The van der Waals surface area contributed by atoms with Crippen molar-refractivity contribution < 1.29 is 11.3 Å². The topological polar surface area (TPSA) is 17.1 Å². The molecule has 4 atom stereocenters. The summed E-state index contributed by atoms with van der Waals surface area (Å²) in [5.74, 6) is 0.903. The Morgan fingerprint density at radius 1 is 0.586 bits per heavy atom. The van der Waals surface area contributed by atoms with Crippen molar-refractivity contribution in [2.75, 3.05) is 5.33 Å². The van der Waals surface area contributed by atoms with Crippen LogP contribution in [0.2, 0.25) is 47.7 Å². The first-order valence-electron chi connectivity index (χ1n) is 13.3. The minimum absolute atomic E-state index is 0.549. The van der Waals surface area contributed by atoms with Crippen LogP contribution in [0.3, 0.4) is 0 Å². The average Bonchev–Trinajstić information content (AvgIpc) is 3.67. The van der Waals surface area contributed by atoms with Gasteiger partial charge in [-0.2, -0.15) is 0 Å². The molecule has 10 rings (SSSR count). The second kappa shape index (κ2) is 2.35. The maximum absolute atomic E-state index is 13.6. The molecule has 0 aliphatic carbocycles. The van der Waals surface area contributed by atoms with E-state index >= 15 is 0 Å². The SMILES string of the molecule is O=C(CCCCCCCCCCCCCCCBr)[C]12[CH]3[CH]4[CH]5[CH]1[Fe]45321678[CH]2[CH]1[CH]6[CH]7[CH]28. The summed E-state index contributed by atoms with van der Waals surface area (Å²) in [6, 6.07) is 0. The van der Waals surface area contributed by atoms with Gasteiger partial charge in [-0.25, -0.2) is 0 Å². The Bertz CT molecular complexity index is 1090. The predicted octanol–water partition coefficient (Wildman–Crippen LogP) is 9.17. The van der Waals surface area contributed by atoms with Gasteiger partial charge >= 0.3 is 129 Å². The Morgan fingerprint density at radius 2 is 0.966 bits per heavy atom. The molecule has 0 aromatic carbocycles. The zero-order valence-corrected chi connectivity index (χ0v) is 20.6. The summed E-state index contributed by atoms with van der Waals surface area (Å²) in [7, 11) is 0. The van der Waals surface area contributed by atoms with Crippen molar-refractivity contribution >= 4 is 21.7 Å². The van der Waals surface area contributed by atoms with Crippen LogP contribution in [0.5, 0.6) is 0 Å². The van der Waals surface area contributed by atoms with Crippen LogP contribution < -0.4 is 0 Å². The molecule has 10 aliphatic rings. The van der Waals surface area contributed by atoms with E-state index < -0.39 is 6.51 Å². The molecule has 0 amide bonds. The molecular weight excluding hydrogens is 464 g/mol. The van der Waals surface area contributed by atoms with Crippen molar-refractivity contribution in [3.05, 3.63) is 0 Å². The molecule has 10 aliphatic heterocycles. The molecule has 10 heterocycles. The van der Waals surface area contributed by atoms with Gasteiger partial charge in [-0.1, -0.05) is 35.2 Å². The number of ketones is 1. The Hall–Kier alpha value is 0.669. The molecule has 10 fully saturated rings. The molecule has 29 heavy (non-hydrogen) atoms. The van der Waals surface area contributed by atoms with Gasteiger partial charge in [0.25, 0.3) is 0 Å². The molecule has 0 bridgehead atoms. The van der Waals surface area contributed by atoms with Crippen LogP contribution >= 0.6 is 15.9 Å². The van der Waals surface area contributed by atoms with E-state index in [1.165, 1.54) is 132 Å². The van der Waals surface area contributed by atoms with Crippen molar-refractivity contribution in [1.29, 1.82) is 0 Å². The third-order valence-corrected chi connectivity index (χ3v) is 61.6. The first-order valence-corrected chi connectivity index (χ1v) is 20.7. The van der Waals surface area contributed by atoms with Crippen molar-refractivity contribution in [2.24, 2.45) is 0 Å². The average molecular weight is 503 g/mol. The van der Waals surface area contributed by atoms with Crippen LogP contribution in [0.15, 0.2) is 0 Å². The zero-order valence-electron chi connectivity index (χ0n) is 17.9. The fourth-order valence-electron chi connectivity index (χ4n) is 19.5. The molecule has 0 saturated carbocycles. The Kier molecular flexibility index (Phi) is 1.32. The van der Waals surface area contributed by atoms with Crippen molar-refractivity contribution in [3.8, 4) is 0 Å². The third kappa shape index (κ3) is 0.367. The summed E-state index contributed by atoms with van der Waals surface area (Å²) >= 11 is 3.52. The number of hydrogen-bond acceptors (Lipinski definition) is 1. The normalized spacial score (nSPS) is 74.7. The van der Waals surface area contributed by atoms with Gasteiger partial charge < -0.3 is 0 Å². The fraction of sp³-hybridized carbons (Fsp3) is 0.962. The molecule has 0 aromatic rings. The number of alkyl halides is 1. The van der Waals surface area contributed by atoms with Crippen LogP contribution in [-0.4, -0.2) is 11.1 Å². The maximum atomic E-state index is 13.6. The second-order valence-electron chi connectivity index (χ2n) is 15.1. The van der Waals surface area contributed by atoms with Gasteiger partial charge in [0.2, 0.25) is 0 Å². The van der Waals surface area contributed by atoms with Crippen molar-refractivity contribution in [1.82, 2.24) is 0 Å². The fourth-order valence-corrected chi connectivity index (χ4v) is 94.0. The van der Waals surface area contributed by atoms with E-state index in [0.717, 1.165) is 12.2 Å². The first-order chi connectivity index (χ1) is 14.0. The van der Waals surface area contributed by atoms with Crippen LogP contribution in [-0.2, 0) is 11.3 Å². The molecule has 164 valence electrons. The van der Waals surface area contributed by atoms with E-state index in [1.54, 1.807) is 0 Å². The zero-order chi connectivity index (χ0) is 19.2. The molecule has 1 spiro atoms. The number of Topliss-reactive ketones (excluding diaryl/α,β-unsaturated/α-hetero) is 1. The van der Waals surface area contributed by atoms with E-state index in [4.69, 9.17) is 0 Å². The molecule has 0 N–H and O–H groups in total.